The zero-order valence-corrected chi connectivity index (χ0v) is 16.5. The molecular formula is C20H20N2O5S. The van der Waals surface area contributed by atoms with Crippen molar-refractivity contribution in [1.29, 1.82) is 0 Å². The number of amidine groups is 1. The lowest BCUT2D eigenvalue weighted by Gasteiger charge is -2.38. The molecule has 1 fully saturated rings. The Kier molecular flexibility index (Phi) is 5.99. The van der Waals surface area contributed by atoms with Gasteiger partial charge in [-0.25, -0.2) is 9.79 Å². The maximum Gasteiger partial charge on any atom is 0.338 e. The van der Waals surface area contributed by atoms with E-state index >= 15 is 0 Å². The van der Waals surface area contributed by atoms with Crippen LogP contribution in [0.5, 0.6) is 5.75 Å². The van der Waals surface area contributed by atoms with E-state index < -0.39 is 18.0 Å². The Morgan fingerprint density at radius 2 is 2.07 bits per heavy atom. The van der Waals surface area contributed by atoms with Gasteiger partial charge in [-0.05, 0) is 24.6 Å². The lowest BCUT2D eigenvalue weighted by Crippen LogP contribution is -2.45. The fourth-order valence-electron chi connectivity index (χ4n) is 3.07. The summed E-state index contributed by atoms with van der Waals surface area (Å²) in [5.74, 6) is -0.0372. The van der Waals surface area contributed by atoms with E-state index in [4.69, 9.17) is 9.47 Å². The van der Waals surface area contributed by atoms with E-state index in [1.807, 2.05) is 0 Å². The molecule has 2 aliphatic rings. The number of fused-ring (bicyclic) bond motifs is 1. The number of benzene rings is 1. The van der Waals surface area contributed by atoms with Gasteiger partial charge in [0.1, 0.15) is 12.4 Å². The van der Waals surface area contributed by atoms with Crippen molar-refractivity contribution in [3.63, 3.8) is 0 Å². The Morgan fingerprint density at radius 3 is 2.71 bits per heavy atom. The molecule has 1 saturated heterocycles. The number of allylic oxidation sites excluding steroid dienone is 1. The molecule has 8 heteroatoms. The molecule has 3 rings (SSSR count). The van der Waals surface area contributed by atoms with Crippen molar-refractivity contribution < 1.29 is 23.9 Å². The van der Waals surface area contributed by atoms with Gasteiger partial charge in [0.05, 0.1) is 17.3 Å². The maximum atomic E-state index is 12.7. The molecule has 1 aromatic carbocycles. The summed E-state index contributed by atoms with van der Waals surface area (Å²) in [5.41, 5.74) is 1.52. The van der Waals surface area contributed by atoms with Crippen LogP contribution in [0.15, 0.2) is 53.2 Å². The number of hydrogen-bond donors (Lipinski definition) is 0. The lowest BCUT2D eigenvalue weighted by atomic mass is 9.94. The van der Waals surface area contributed by atoms with Crippen molar-refractivity contribution in [2.45, 2.75) is 26.3 Å². The SMILES string of the molecule is C=CCOC(=O)C1=C(C)N=C2SCCC(=O)N2[C@@H]1c1ccc(OC(C)=O)cc1. The third-order valence-corrected chi connectivity index (χ3v) is 5.17. The molecule has 0 N–H and O–H groups in total. The molecule has 2 heterocycles. The fourth-order valence-corrected chi connectivity index (χ4v) is 4.08. The molecule has 0 aliphatic carbocycles. The second-order valence-electron chi connectivity index (χ2n) is 6.21. The molecule has 0 saturated carbocycles. The fraction of sp³-hybridized carbons (Fsp3) is 0.300. The molecule has 1 aromatic rings. The summed E-state index contributed by atoms with van der Waals surface area (Å²) in [6, 6.07) is 6.06. The van der Waals surface area contributed by atoms with Crippen LogP contribution in [-0.4, -0.2) is 40.3 Å². The predicted molar refractivity (Wildman–Crippen MR) is 106 cm³/mol. The molecule has 0 radical (unpaired) electrons. The molecule has 0 bridgehead atoms. The summed E-state index contributed by atoms with van der Waals surface area (Å²) in [6.45, 7) is 6.67. The van der Waals surface area contributed by atoms with E-state index in [0.717, 1.165) is 0 Å². The molecule has 28 heavy (non-hydrogen) atoms. The minimum absolute atomic E-state index is 0.0625. The van der Waals surface area contributed by atoms with Gasteiger partial charge in [0.25, 0.3) is 0 Å². The van der Waals surface area contributed by atoms with Crippen molar-refractivity contribution >= 4 is 34.8 Å². The van der Waals surface area contributed by atoms with Gasteiger partial charge in [-0.1, -0.05) is 36.5 Å². The van der Waals surface area contributed by atoms with E-state index in [2.05, 4.69) is 11.6 Å². The van der Waals surface area contributed by atoms with Crippen molar-refractivity contribution in [1.82, 2.24) is 4.90 Å². The number of aliphatic imine (C=N–C) groups is 1. The molecule has 2 aliphatic heterocycles. The van der Waals surface area contributed by atoms with Crippen LogP contribution in [0.25, 0.3) is 0 Å². The number of carbonyl (C=O) groups is 3. The van der Waals surface area contributed by atoms with Gasteiger partial charge in [-0.15, -0.1) is 0 Å². The second-order valence-corrected chi connectivity index (χ2v) is 7.27. The number of hydrogen-bond acceptors (Lipinski definition) is 7. The summed E-state index contributed by atoms with van der Waals surface area (Å²) in [7, 11) is 0. The summed E-state index contributed by atoms with van der Waals surface area (Å²) in [4.78, 5) is 42.6. The number of esters is 2. The highest BCUT2D eigenvalue weighted by Gasteiger charge is 2.41. The minimum atomic E-state index is -0.656. The first-order chi connectivity index (χ1) is 13.4. The van der Waals surface area contributed by atoms with Gasteiger partial charge in [0, 0.05) is 19.1 Å². The highest BCUT2D eigenvalue weighted by molar-refractivity contribution is 8.14. The Hall–Kier alpha value is -2.87. The van der Waals surface area contributed by atoms with Crippen molar-refractivity contribution in [2.75, 3.05) is 12.4 Å². The van der Waals surface area contributed by atoms with Crippen LogP contribution in [0.3, 0.4) is 0 Å². The van der Waals surface area contributed by atoms with E-state index in [1.165, 1.54) is 24.8 Å². The first-order valence-corrected chi connectivity index (χ1v) is 9.71. The first-order valence-electron chi connectivity index (χ1n) is 8.73. The number of rotatable bonds is 5. The smallest absolute Gasteiger partial charge is 0.338 e. The Bertz CT molecular complexity index is 888. The average Bonchev–Trinajstić information content (AvgIpc) is 2.65. The monoisotopic (exact) mass is 400 g/mol. The molecule has 146 valence electrons. The lowest BCUT2D eigenvalue weighted by molar-refractivity contribution is -0.139. The third kappa shape index (κ3) is 4.01. The van der Waals surface area contributed by atoms with E-state index in [-0.39, 0.29) is 12.5 Å². The summed E-state index contributed by atoms with van der Waals surface area (Å²) >= 11 is 1.48. The largest absolute Gasteiger partial charge is 0.458 e. The summed E-state index contributed by atoms with van der Waals surface area (Å²) < 4.78 is 10.3. The maximum absolute atomic E-state index is 12.7. The van der Waals surface area contributed by atoms with Gasteiger partial charge >= 0.3 is 11.9 Å². The topological polar surface area (TPSA) is 85.3 Å². The standard InChI is InChI=1S/C20H20N2O5S/c1-4-10-26-19(25)17-12(2)21-20-22(16(24)9-11-28-20)18(17)14-5-7-15(8-6-14)27-13(3)23/h4-8,18H,1,9-11H2,2-3H3/t18-/m1/s1. The molecule has 0 aromatic heterocycles. The van der Waals surface area contributed by atoms with Crippen LogP contribution in [0.1, 0.15) is 31.9 Å². The quantitative estimate of drug-likeness (QED) is 0.429. The van der Waals surface area contributed by atoms with E-state index in [1.54, 1.807) is 36.1 Å². The van der Waals surface area contributed by atoms with E-state index in [0.29, 0.717) is 39.9 Å². The highest BCUT2D eigenvalue weighted by atomic mass is 32.2. The molecule has 7 nitrogen and oxygen atoms in total. The van der Waals surface area contributed by atoms with Crippen LogP contribution < -0.4 is 4.74 Å². The summed E-state index contributed by atoms with van der Waals surface area (Å²) in [5, 5.41) is 0.572. The molecule has 0 spiro atoms. The third-order valence-electron chi connectivity index (χ3n) is 4.22. The number of carbonyl (C=O) groups excluding carboxylic acids is 3. The van der Waals surface area contributed by atoms with Crippen molar-refractivity contribution in [3.05, 3.63) is 53.8 Å². The van der Waals surface area contributed by atoms with Gasteiger partial charge in [-0.3, -0.25) is 14.5 Å². The zero-order valence-electron chi connectivity index (χ0n) is 15.6. The molecular weight excluding hydrogens is 380 g/mol. The Balaban J connectivity index is 2.05. The van der Waals surface area contributed by atoms with Gasteiger partial charge in [0.2, 0.25) is 5.91 Å². The minimum Gasteiger partial charge on any atom is -0.458 e. The summed E-state index contributed by atoms with van der Waals surface area (Å²) in [6.07, 6.45) is 1.84. The predicted octanol–water partition coefficient (Wildman–Crippen LogP) is 2.99. The highest BCUT2D eigenvalue weighted by Crippen LogP contribution is 2.40. The van der Waals surface area contributed by atoms with Gasteiger partial charge < -0.3 is 9.47 Å². The first kappa shape index (κ1) is 19.9. The van der Waals surface area contributed by atoms with Crippen LogP contribution >= 0.6 is 11.8 Å². The zero-order chi connectivity index (χ0) is 20.3. The van der Waals surface area contributed by atoms with Crippen molar-refractivity contribution in [3.8, 4) is 5.75 Å². The molecule has 1 amide bonds. The normalized spacial score (nSPS) is 18.9. The van der Waals surface area contributed by atoms with E-state index in [9.17, 15) is 14.4 Å². The Labute approximate surface area is 167 Å². The van der Waals surface area contributed by atoms with Gasteiger partial charge in [-0.2, -0.15) is 0 Å². The van der Waals surface area contributed by atoms with Crippen LogP contribution in [0.2, 0.25) is 0 Å². The second kappa shape index (κ2) is 8.43. The average molecular weight is 400 g/mol. The van der Waals surface area contributed by atoms with Crippen molar-refractivity contribution in [2.24, 2.45) is 4.99 Å². The number of amides is 1. The molecule has 0 unspecified atom stereocenters. The Morgan fingerprint density at radius 1 is 1.36 bits per heavy atom. The number of thioether (sulfide) groups is 1. The van der Waals surface area contributed by atoms with Crippen LogP contribution in [-0.2, 0) is 19.1 Å². The van der Waals surface area contributed by atoms with Crippen LogP contribution in [0, 0.1) is 0 Å². The molecule has 1 atom stereocenters. The van der Waals surface area contributed by atoms with Crippen LogP contribution in [0.4, 0.5) is 0 Å². The van der Waals surface area contributed by atoms with Gasteiger partial charge in [0.15, 0.2) is 5.17 Å². The number of nitrogens with zero attached hydrogens (tertiary/aromatic N) is 2. The number of ether oxygens (including phenoxy) is 2.